The summed E-state index contributed by atoms with van der Waals surface area (Å²) in [6.45, 7) is 3.65. The summed E-state index contributed by atoms with van der Waals surface area (Å²) in [4.78, 5) is 30.2. The van der Waals surface area contributed by atoms with Crippen molar-refractivity contribution in [3.05, 3.63) is 78.6 Å². The molecule has 45 heavy (non-hydrogen) atoms. The molecule has 2 aliphatic heterocycles. The van der Waals surface area contributed by atoms with Crippen LogP contribution in [0.3, 0.4) is 0 Å². The average Bonchev–Trinajstić information content (AvgIpc) is 3.69. The summed E-state index contributed by atoms with van der Waals surface area (Å²) in [5.74, 6) is 7.38. The number of phenolic OH excluding ortho intramolecular Hbond substituents is 1. The molecule has 1 aromatic carbocycles. The zero-order chi connectivity index (χ0) is 30.8. The van der Waals surface area contributed by atoms with Crippen LogP contribution in [0.1, 0.15) is 35.6 Å². The Morgan fingerprint density at radius 1 is 1.00 bits per heavy atom. The predicted octanol–water partition coefficient (Wildman–Crippen LogP) is 2.54. The maximum Gasteiger partial charge on any atom is 0.272 e. The van der Waals surface area contributed by atoms with Gasteiger partial charge >= 0.3 is 0 Å². The van der Waals surface area contributed by atoms with Crippen LogP contribution in [-0.4, -0.2) is 78.5 Å². The molecule has 13 heteroatoms. The molecule has 2 aliphatic rings. The van der Waals surface area contributed by atoms with Crippen molar-refractivity contribution in [2.24, 2.45) is 5.41 Å². The van der Waals surface area contributed by atoms with Crippen LogP contribution in [0, 0.1) is 17.3 Å². The maximum absolute atomic E-state index is 12.5. The molecule has 0 radical (unpaired) electrons. The minimum atomic E-state index is -0.323. The second kappa shape index (κ2) is 11.7. The molecule has 1 spiro atoms. The number of piperidine rings is 1. The highest BCUT2D eigenvalue weighted by Gasteiger charge is 2.41. The fraction of sp³-hybridized carbons (Fsp3) is 0.281. The Labute approximate surface area is 259 Å². The van der Waals surface area contributed by atoms with Crippen LogP contribution in [0.15, 0.2) is 67.1 Å². The van der Waals surface area contributed by atoms with E-state index in [1.165, 1.54) is 0 Å². The van der Waals surface area contributed by atoms with E-state index in [2.05, 4.69) is 57.2 Å². The molecule has 226 valence electrons. The lowest BCUT2D eigenvalue weighted by molar-refractivity contribution is 0.0953. The highest BCUT2D eigenvalue weighted by Crippen LogP contribution is 2.44. The molecule has 7 rings (SSSR count). The Morgan fingerprint density at radius 2 is 1.82 bits per heavy atom. The Balaban J connectivity index is 0.954. The van der Waals surface area contributed by atoms with Crippen molar-refractivity contribution in [2.75, 3.05) is 48.3 Å². The molecule has 2 saturated heterocycles. The highest BCUT2D eigenvalue weighted by atomic mass is 16.3. The number of hydrogen-bond donors (Lipinski definition) is 3. The smallest absolute Gasteiger partial charge is 0.272 e. The Kier molecular flexibility index (Phi) is 7.30. The number of aromatic hydroxyl groups is 1. The van der Waals surface area contributed by atoms with Crippen molar-refractivity contribution in [1.29, 1.82) is 0 Å². The summed E-state index contributed by atoms with van der Waals surface area (Å²) in [6, 6.07) is 14.3. The summed E-state index contributed by atoms with van der Waals surface area (Å²) in [7, 11) is 0. The first-order valence-electron chi connectivity index (χ1n) is 14.8. The van der Waals surface area contributed by atoms with E-state index in [0.29, 0.717) is 28.5 Å². The molecular formula is C32H31N11O2. The van der Waals surface area contributed by atoms with Crippen molar-refractivity contribution in [2.45, 2.75) is 19.3 Å². The van der Waals surface area contributed by atoms with E-state index in [-0.39, 0.29) is 29.3 Å². The topological polar surface area (TPSA) is 164 Å². The van der Waals surface area contributed by atoms with Crippen molar-refractivity contribution < 1.29 is 9.90 Å². The monoisotopic (exact) mass is 601 g/mol. The lowest BCUT2D eigenvalue weighted by atomic mass is 9.78. The van der Waals surface area contributed by atoms with Gasteiger partial charge in [-0.25, -0.2) is 19.5 Å². The van der Waals surface area contributed by atoms with Crippen LogP contribution in [-0.2, 0) is 0 Å². The Morgan fingerprint density at radius 3 is 2.64 bits per heavy atom. The van der Waals surface area contributed by atoms with Crippen LogP contribution in [0.4, 0.5) is 17.3 Å². The minimum Gasteiger partial charge on any atom is -0.507 e. The summed E-state index contributed by atoms with van der Waals surface area (Å²) in [5, 5.41) is 25.7. The number of nitrogens with two attached hydrogens (primary N) is 1. The molecule has 6 heterocycles. The second-order valence-corrected chi connectivity index (χ2v) is 11.4. The number of nitrogens with zero attached hydrogens (tertiary/aromatic N) is 9. The SMILES string of the molecule is Nc1nnc(-c2ccccc2O)cc1N1CCC2(CCN(c3ccnc(C#CCNC(=O)c4cc5ncccn5n4)n3)CC2)C1. The van der Waals surface area contributed by atoms with E-state index in [9.17, 15) is 9.90 Å². The van der Waals surface area contributed by atoms with Crippen molar-refractivity contribution in [1.82, 2.24) is 40.1 Å². The van der Waals surface area contributed by atoms with E-state index in [1.54, 1.807) is 47.4 Å². The largest absolute Gasteiger partial charge is 0.507 e. The highest BCUT2D eigenvalue weighted by molar-refractivity contribution is 5.93. The predicted molar refractivity (Wildman–Crippen MR) is 168 cm³/mol. The lowest BCUT2D eigenvalue weighted by Crippen LogP contribution is -2.42. The number of nitrogens with one attached hydrogen (secondary N) is 1. The molecular weight excluding hydrogens is 570 g/mol. The van der Waals surface area contributed by atoms with Crippen LogP contribution in [0.2, 0.25) is 0 Å². The number of amides is 1. The number of carbonyl (C=O) groups is 1. The molecule has 0 atom stereocenters. The van der Waals surface area contributed by atoms with Gasteiger partial charge in [-0.15, -0.1) is 10.2 Å². The van der Waals surface area contributed by atoms with Gasteiger partial charge in [-0.05, 0) is 60.9 Å². The zero-order valence-electron chi connectivity index (χ0n) is 24.5. The molecule has 4 aromatic heterocycles. The molecule has 0 bridgehead atoms. The second-order valence-electron chi connectivity index (χ2n) is 11.4. The Hall–Kier alpha value is -5.77. The molecule has 0 unspecified atom stereocenters. The van der Waals surface area contributed by atoms with Crippen molar-refractivity contribution >= 4 is 28.9 Å². The third-order valence-corrected chi connectivity index (χ3v) is 8.56. The molecule has 4 N–H and O–H groups in total. The van der Waals surface area contributed by atoms with Crippen LogP contribution in [0.25, 0.3) is 16.9 Å². The number of phenols is 1. The Bertz CT molecular complexity index is 1910. The summed E-state index contributed by atoms with van der Waals surface area (Å²) >= 11 is 0. The maximum atomic E-state index is 12.5. The van der Waals surface area contributed by atoms with E-state index >= 15 is 0 Å². The third-order valence-electron chi connectivity index (χ3n) is 8.56. The number of para-hydroxylation sites is 1. The van der Waals surface area contributed by atoms with Gasteiger partial charge in [0.1, 0.15) is 11.6 Å². The number of anilines is 3. The summed E-state index contributed by atoms with van der Waals surface area (Å²) < 4.78 is 1.55. The normalized spacial score (nSPS) is 15.6. The van der Waals surface area contributed by atoms with E-state index < -0.39 is 0 Å². The number of nitrogen functional groups attached to an aromatic ring is 1. The molecule has 1 amide bonds. The number of benzene rings is 1. The van der Waals surface area contributed by atoms with E-state index in [1.807, 2.05) is 24.3 Å². The first-order valence-corrected chi connectivity index (χ1v) is 14.8. The quantitative estimate of drug-likeness (QED) is 0.254. The zero-order valence-corrected chi connectivity index (χ0v) is 24.5. The molecule has 0 aliphatic carbocycles. The van der Waals surface area contributed by atoms with Crippen LogP contribution < -0.4 is 20.9 Å². The number of aromatic nitrogens is 7. The van der Waals surface area contributed by atoms with Gasteiger partial charge in [0.15, 0.2) is 17.2 Å². The van der Waals surface area contributed by atoms with Crippen molar-refractivity contribution in [3.63, 3.8) is 0 Å². The fourth-order valence-electron chi connectivity index (χ4n) is 6.09. The molecule has 13 nitrogen and oxygen atoms in total. The standard InChI is InChI=1S/C32H31N11O2/c33-30-25(19-23(38-39-30)22-5-1-2-6-26(22)44)42-18-11-32(21-42)9-16-41(17-10-32)28-8-14-34-27(37-28)7-3-12-36-31(45)24-20-29-35-13-4-15-43(29)40-24/h1-2,4-6,8,13-15,19-20,44H,9-12,16-18,21H2,(H2,33,39)(H,36,45). The van der Waals surface area contributed by atoms with Crippen LogP contribution >= 0.6 is 0 Å². The molecule has 2 fully saturated rings. The van der Waals surface area contributed by atoms with Gasteiger partial charge in [-0.3, -0.25) is 4.79 Å². The van der Waals surface area contributed by atoms with Gasteiger partial charge < -0.3 is 26.0 Å². The molecule has 5 aromatic rings. The van der Waals surface area contributed by atoms with Crippen molar-refractivity contribution in [3.8, 4) is 28.8 Å². The fourth-order valence-corrected chi connectivity index (χ4v) is 6.09. The van der Waals surface area contributed by atoms with Gasteiger partial charge in [-0.1, -0.05) is 18.1 Å². The van der Waals surface area contributed by atoms with Gasteiger partial charge in [0.2, 0.25) is 5.82 Å². The van der Waals surface area contributed by atoms with Gasteiger partial charge in [0, 0.05) is 56.4 Å². The minimum absolute atomic E-state index is 0.141. The summed E-state index contributed by atoms with van der Waals surface area (Å²) in [5.41, 5.74) is 9.41. The number of fused-ring (bicyclic) bond motifs is 1. The first-order chi connectivity index (χ1) is 22.0. The first kappa shape index (κ1) is 28.0. The van der Waals surface area contributed by atoms with Gasteiger partial charge in [0.05, 0.1) is 17.9 Å². The van der Waals surface area contributed by atoms with Gasteiger partial charge in [-0.2, -0.15) is 5.10 Å². The molecule has 0 saturated carbocycles. The van der Waals surface area contributed by atoms with Gasteiger partial charge in [0.25, 0.3) is 5.91 Å². The third kappa shape index (κ3) is 5.77. The summed E-state index contributed by atoms with van der Waals surface area (Å²) in [6.07, 6.45) is 8.20. The van der Waals surface area contributed by atoms with E-state index in [0.717, 1.165) is 56.9 Å². The number of rotatable bonds is 5. The lowest BCUT2D eigenvalue weighted by Gasteiger charge is -2.40. The average molecular weight is 602 g/mol. The van der Waals surface area contributed by atoms with E-state index in [4.69, 9.17) is 5.73 Å². The number of hydrogen-bond acceptors (Lipinski definition) is 11. The van der Waals surface area contributed by atoms with Crippen LogP contribution in [0.5, 0.6) is 5.75 Å². The number of carbonyl (C=O) groups excluding carboxylic acids is 1.